The summed E-state index contributed by atoms with van der Waals surface area (Å²) in [4.78, 5) is 40.3. The highest BCUT2D eigenvalue weighted by Gasteiger charge is 2.52. The van der Waals surface area contributed by atoms with E-state index in [0.717, 1.165) is 36.8 Å². The highest BCUT2D eigenvalue weighted by molar-refractivity contribution is 5.88. The van der Waals surface area contributed by atoms with Gasteiger partial charge in [0.15, 0.2) is 0 Å². The second-order valence-corrected chi connectivity index (χ2v) is 10.9. The van der Waals surface area contributed by atoms with Crippen LogP contribution in [0.4, 0.5) is 4.79 Å². The number of fused-ring (bicyclic) bond motifs is 4. The molecular weight excluding hydrogens is 466 g/mol. The van der Waals surface area contributed by atoms with E-state index in [1.165, 1.54) is 11.1 Å². The molecule has 1 aliphatic heterocycles. The number of amides is 2. The second-order valence-electron chi connectivity index (χ2n) is 10.9. The number of hydrogen-bond donors (Lipinski definition) is 1. The Morgan fingerprint density at radius 3 is 2.35 bits per heavy atom. The van der Waals surface area contributed by atoms with Gasteiger partial charge in [-0.25, -0.2) is 4.79 Å². The van der Waals surface area contributed by atoms with E-state index in [1.54, 1.807) is 4.90 Å². The SMILES string of the molecule is N#C[C@H](C[C@@H]1CCCC1=O)NC(=O)[C@@H]1C2CC[C@H]2CN1C(=O)OCC1c2ccccc2-c2ccccc21. The summed E-state index contributed by atoms with van der Waals surface area (Å²) in [5.74, 6) is 0.0339. The number of nitriles is 1. The standard InChI is InChI=1S/C30H31N3O4/c31-15-20(14-18-6-5-11-27(18)34)32-29(35)28-21-13-12-19(21)16-33(28)30(36)37-17-26-24-9-3-1-7-22(24)23-8-2-4-10-25(23)26/h1-4,7-10,18-21,26,28H,5-6,11-14,16-17H2,(H,32,35)/t18-,19-,20-,21?,28-/m0/s1. The van der Waals surface area contributed by atoms with Crippen LogP contribution in [0.25, 0.3) is 11.1 Å². The Hall–Kier alpha value is -3.66. The molecular formula is C30H31N3O4. The fraction of sp³-hybridized carbons (Fsp3) is 0.467. The van der Waals surface area contributed by atoms with Crippen molar-refractivity contribution in [2.45, 2.75) is 56.5 Å². The van der Waals surface area contributed by atoms with Gasteiger partial charge in [-0.15, -0.1) is 0 Å². The second kappa shape index (κ2) is 9.66. The summed E-state index contributed by atoms with van der Waals surface area (Å²) >= 11 is 0. The number of nitrogens with one attached hydrogen (secondary N) is 1. The summed E-state index contributed by atoms with van der Waals surface area (Å²) in [7, 11) is 0. The number of ketones is 1. The molecule has 2 aromatic rings. The lowest BCUT2D eigenvalue weighted by Crippen LogP contribution is -2.52. The fourth-order valence-electron chi connectivity index (χ4n) is 6.86. The first-order valence-electron chi connectivity index (χ1n) is 13.4. The minimum atomic E-state index is -0.733. The van der Waals surface area contributed by atoms with Crippen molar-refractivity contribution in [3.05, 3.63) is 59.7 Å². The van der Waals surface area contributed by atoms with E-state index in [-0.39, 0.29) is 42.0 Å². The minimum absolute atomic E-state index is 0.0464. The molecule has 1 unspecified atom stereocenters. The lowest BCUT2D eigenvalue weighted by Gasteiger charge is -2.33. The van der Waals surface area contributed by atoms with Crippen molar-refractivity contribution >= 4 is 17.8 Å². The molecule has 0 spiro atoms. The van der Waals surface area contributed by atoms with E-state index in [2.05, 4.69) is 35.7 Å². The zero-order valence-electron chi connectivity index (χ0n) is 20.8. The summed E-state index contributed by atoms with van der Waals surface area (Å²) in [6.07, 6.45) is 3.90. The molecule has 3 aliphatic carbocycles. The molecule has 1 N–H and O–H groups in total. The first-order chi connectivity index (χ1) is 18.0. The highest BCUT2D eigenvalue weighted by atomic mass is 16.6. The van der Waals surface area contributed by atoms with Gasteiger partial charge in [0.2, 0.25) is 5.91 Å². The predicted octanol–water partition coefficient (Wildman–Crippen LogP) is 4.41. The van der Waals surface area contributed by atoms with Crippen LogP contribution in [-0.2, 0) is 14.3 Å². The van der Waals surface area contributed by atoms with Gasteiger partial charge in [0, 0.05) is 24.8 Å². The van der Waals surface area contributed by atoms with Crippen molar-refractivity contribution in [3.63, 3.8) is 0 Å². The maximum absolute atomic E-state index is 13.4. The van der Waals surface area contributed by atoms with Crippen molar-refractivity contribution in [1.29, 1.82) is 5.26 Å². The normalized spacial score (nSPS) is 26.5. The maximum atomic E-state index is 13.4. The summed E-state index contributed by atoms with van der Waals surface area (Å²) in [6.45, 7) is 0.704. The highest BCUT2D eigenvalue weighted by Crippen LogP contribution is 2.46. The Morgan fingerprint density at radius 2 is 1.76 bits per heavy atom. The van der Waals surface area contributed by atoms with E-state index >= 15 is 0 Å². The van der Waals surface area contributed by atoms with Gasteiger partial charge < -0.3 is 10.1 Å². The molecule has 2 amide bonds. The lowest BCUT2D eigenvalue weighted by molar-refractivity contribution is -0.128. The Labute approximate surface area is 216 Å². The third-order valence-corrected chi connectivity index (χ3v) is 8.91. The van der Waals surface area contributed by atoms with Crippen molar-refractivity contribution in [3.8, 4) is 17.2 Å². The largest absolute Gasteiger partial charge is 0.448 e. The van der Waals surface area contributed by atoms with Gasteiger partial charge in [-0.1, -0.05) is 48.5 Å². The van der Waals surface area contributed by atoms with Crippen LogP contribution in [0.15, 0.2) is 48.5 Å². The Balaban J connectivity index is 1.14. The van der Waals surface area contributed by atoms with Gasteiger partial charge in [0.25, 0.3) is 0 Å². The van der Waals surface area contributed by atoms with Gasteiger partial charge in [-0.3, -0.25) is 14.5 Å². The number of benzene rings is 2. The van der Waals surface area contributed by atoms with Crippen LogP contribution in [0.3, 0.4) is 0 Å². The molecule has 190 valence electrons. The number of hydrogen-bond acceptors (Lipinski definition) is 5. The molecule has 7 nitrogen and oxygen atoms in total. The number of carbonyl (C=O) groups excluding carboxylic acids is 3. The van der Waals surface area contributed by atoms with Crippen molar-refractivity contribution in [1.82, 2.24) is 10.2 Å². The molecule has 7 heteroatoms. The predicted molar refractivity (Wildman–Crippen MR) is 136 cm³/mol. The van der Waals surface area contributed by atoms with E-state index in [9.17, 15) is 19.6 Å². The monoisotopic (exact) mass is 497 g/mol. The van der Waals surface area contributed by atoms with Crippen LogP contribution < -0.4 is 5.32 Å². The molecule has 0 radical (unpaired) electrons. The van der Waals surface area contributed by atoms with Gasteiger partial charge in [0.1, 0.15) is 24.5 Å². The zero-order chi connectivity index (χ0) is 25.5. The first kappa shape index (κ1) is 23.7. The minimum Gasteiger partial charge on any atom is -0.448 e. The fourth-order valence-corrected chi connectivity index (χ4v) is 6.86. The summed E-state index contributed by atoms with van der Waals surface area (Å²) in [5, 5.41) is 12.5. The lowest BCUT2D eigenvalue weighted by atomic mass is 9.73. The third-order valence-electron chi connectivity index (χ3n) is 8.91. The number of carbonyl (C=O) groups is 3. The molecule has 0 bridgehead atoms. The molecule has 1 heterocycles. The number of Topliss-reactive ketones (excluding diaryl/α,β-unsaturated/α-hetero) is 1. The number of rotatable bonds is 6. The number of likely N-dealkylation sites (tertiary alicyclic amines) is 1. The molecule has 37 heavy (non-hydrogen) atoms. The Kier molecular flexibility index (Phi) is 6.19. The van der Waals surface area contributed by atoms with E-state index in [1.807, 2.05) is 24.3 Å². The maximum Gasteiger partial charge on any atom is 0.410 e. The summed E-state index contributed by atoms with van der Waals surface area (Å²) in [5.41, 5.74) is 4.62. The Bertz CT molecular complexity index is 1240. The van der Waals surface area contributed by atoms with Crippen LogP contribution >= 0.6 is 0 Å². The average Bonchev–Trinajstić information content (AvgIpc) is 3.53. The van der Waals surface area contributed by atoms with E-state index in [4.69, 9.17) is 4.74 Å². The molecule has 6 rings (SSSR count). The van der Waals surface area contributed by atoms with Crippen LogP contribution in [0.2, 0.25) is 0 Å². The number of ether oxygens (including phenoxy) is 1. The van der Waals surface area contributed by atoms with Crippen LogP contribution in [-0.4, -0.2) is 47.9 Å². The first-order valence-corrected chi connectivity index (χ1v) is 13.4. The van der Waals surface area contributed by atoms with Gasteiger partial charge in [0.05, 0.1) is 6.07 Å². The average molecular weight is 498 g/mol. The van der Waals surface area contributed by atoms with E-state index in [0.29, 0.717) is 19.4 Å². The smallest absolute Gasteiger partial charge is 0.410 e. The van der Waals surface area contributed by atoms with Crippen molar-refractivity contribution in [2.75, 3.05) is 13.2 Å². The molecule has 2 saturated carbocycles. The number of nitrogens with zero attached hydrogens (tertiary/aromatic N) is 2. The Morgan fingerprint density at radius 1 is 1.05 bits per heavy atom. The third kappa shape index (κ3) is 4.19. The van der Waals surface area contributed by atoms with Crippen molar-refractivity contribution < 1.29 is 19.1 Å². The zero-order valence-corrected chi connectivity index (χ0v) is 20.8. The molecule has 1 saturated heterocycles. The van der Waals surface area contributed by atoms with Crippen molar-refractivity contribution in [2.24, 2.45) is 17.8 Å². The van der Waals surface area contributed by atoms with Crippen LogP contribution in [0, 0.1) is 29.1 Å². The topological polar surface area (TPSA) is 99.5 Å². The van der Waals surface area contributed by atoms with Crippen LogP contribution in [0.5, 0.6) is 0 Å². The molecule has 2 aromatic carbocycles. The summed E-state index contributed by atoms with van der Waals surface area (Å²) < 4.78 is 5.88. The van der Waals surface area contributed by atoms with Gasteiger partial charge >= 0.3 is 6.09 Å². The van der Waals surface area contributed by atoms with Crippen LogP contribution in [0.1, 0.15) is 55.6 Å². The molecule has 4 aliphatic rings. The molecule has 5 atom stereocenters. The molecule has 3 fully saturated rings. The van der Waals surface area contributed by atoms with E-state index < -0.39 is 18.2 Å². The molecule has 0 aromatic heterocycles. The van der Waals surface area contributed by atoms with Gasteiger partial charge in [-0.05, 0) is 66.2 Å². The summed E-state index contributed by atoms with van der Waals surface area (Å²) in [6, 6.07) is 17.2. The quantitative estimate of drug-likeness (QED) is 0.637. The van der Waals surface area contributed by atoms with Gasteiger partial charge in [-0.2, -0.15) is 5.26 Å².